The van der Waals surface area contributed by atoms with Crippen LogP contribution in [0.25, 0.3) is 0 Å². The summed E-state index contributed by atoms with van der Waals surface area (Å²) < 4.78 is 0. The molecule has 1 aliphatic carbocycles. The van der Waals surface area contributed by atoms with Crippen LogP contribution >= 0.6 is 0 Å². The maximum absolute atomic E-state index is 13.0. The number of rotatable bonds is 6. The van der Waals surface area contributed by atoms with E-state index in [9.17, 15) is 19.2 Å². The lowest BCUT2D eigenvalue weighted by Crippen LogP contribution is -3.06. The van der Waals surface area contributed by atoms with Gasteiger partial charge in [-0.2, -0.15) is 0 Å². The van der Waals surface area contributed by atoms with Crippen molar-refractivity contribution in [3.8, 4) is 0 Å². The molecule has 0 heterocycles. The molecule has 2 aromatic carbocycles. The standard InChI is InChI=1S/C22H24N4O4/c1-25(2)11-19(27)23-13-5-7-15-17(9-13)21(29)16-8-6-14(10-18(16)22(15)30)24-20(28)12-26(3)4/h5-10H,11-12H2,1-4H3,(H,23,27)(H,24,28)/p+2. The molecule has 0 bridgehead atoms. The van der Waals surface area contributed by atoms with Crippen molar-refractivity contribution in [2.75, 3.05) is 51.9 Å². The number of hydrogen-bond donors (Lipinski definition) is 4. The molecule has 1 aliphatic rings. The Hall–Kier alpha value is -3.36. The maximum Gasteiger partial charge on any atom is 0.279 e. The highest BCUT2D eigenvalue weighted by atomic mass is 16.2. The number of ketones is 2. The fourth-order valence-corrected chi connectivity index (χ4v) is 3.36. The van der Waals surface area contributed by atoms with E-state index in [1.807, 2.05) is 28.2 Å². The van der Waals surface area contributed by atoms with Crippen LogP contribution in [-0.4, -0.2) is 64.7 Å². The SMILES string of the molecule is C[NH+](C)CC(=O)Nc1ccc2c(c1)C(=O)c1ccc(NC(=O)C[NH+](C)C)cc1C2=O. The molecule has 0 saturated carbocycles. The number of amides is 2. The van der Waals surface area contributed by atoms with Crippen LogP contribution in [0.1, 0.15) is 31.8 Å². The Kier molecular flexibility index (Phi) is 6.09. The van der Waals surface area contributed by atoms with Crippen molar-refractivity contribution in [3.63, 3.8) is 0 Å². The lowest BCUT2D eigenvalue weighted by molar-refractivity contribution is -0.849. The van der Waals surface area contributed by atoms with Gasteiger partial charge in [0.05, 0.1) is 28.2 Å². The summed E-state index contributed by atoms with van der Waals surface area (Å²) in [6.45, 7) is 0.577. The molecule has 8 heteroatoms. The van der Waals surface area contributed by atoms with Gasteiger partial charge in [-0.3, -0.25) is 19.2 Å². The van der Waals surface area contributed by atoms with Crippen LogP contribution in [-0.2, 0) is 9.59 Å². The molecule has 0 unspecified atom stereocenters. The first-order valence-electron chi connectivity index (χ1n) is 9.71. The second-order valence-corrected chi connectivity index (χ2v) is 8.04. The highest BCUT2D eigenvalue weighted by molar-refractivity contribution is 6.29. The van der Waals surface area contributed by atoms with Crippen LogP contribution < -0.4 is 20.4 Å². The van der Waals surface area contributed by atoms with Gasteiger partial charge in [0.25, 0.3) is 11.8 Å². The van der Waals surface area contributed by atoms with Crippen LogP contribution in [0.3, 0.4) is 0 Å². The Balaban J connectivity index is 1.87. The number of likely N-dealkylation sites (N-methyl/N-ethyl adjacent to an activating group) is 2. The third-order valence-corrected chi connectivity index (χ3v) is 4.61. The van der Waals surface area contributed by atoms with Crippen molar-refractivity contribution in [2.45, 2.75) is 0 Å². The molecular weight excluding hydrogens is 384 g/mol. The summed E-state index contributed by atoms with van der Waals surface area (Å²) in [7, 11) is 7.46. The van der Waals surface area contributed by atoms with Gasteiger partial charge in [-0.05, 0) is 36.4 Å². The fraction of sp³-hybridized carbons (Fsp3) is 0.273. The minimum absolute atomic E-state index is 0.176. The average molecular weight is 410 g/mol. The summed E-state index contributed by atoms with van der Waals surface area (Å²) in [6.07, 6.45) is 0. The Labute approximate surface area is 174 Å². The van der Waals surface area contributed by atoms with Gasteiger partial charge >= 0.3 is 0 Å². The normalized spacial score (nSPS) is 12.6. The minimum atomic E-state index is -0.287. The van der Waals surface area contributed by atoms with Crippen LogP contribution in [0.2, 0.25) is 0 Å². The van der Waals surface area contributed by atoms with Gasteiger partial charge in [0.1, 0.15) is 0 Å². The van der Waals surface area contributed by atoms with Gasteiger partial charge in [0.2, 0.25) is 0 Å². The number of fused-ring (bicyclic) bond motifs is 2. The number of carbonyl (C=O) groups excluding carboxylic acids is 4. The molecule has 0 saturated heterocycles. The number of hydrogen-bond acceptors (Lipinski definition) is 4. The highest BCUT2D eigenvalue weighted by Crippen LogP contribution is 2.30. The average Bonchev–Trinajstić information content (AvgIpc) is 2.64. The van der Waals surface area contributed by atoms with Gasteiger partial charge in [0.15, 0.2) is 24.7 Å². The minimum Gasteiger partial charge on any atom is -0.332 e. The largest absolute Gasteiger partial charge is 0.332 e. The molecule has 30 heavy (non-hydrogen) atoms. The topological polar surface area (TPSA) is 101 Å². The zero-order valence-corrected chi connectivity index (χ0v) is 17.5. The Bertz CT molecular complexity index is 960. The maximum atomic E-state index is 13.0. The number of benzene rings is 2. The molecule has 0 aromatic heterocycles. The molecule has 2 aromatic rings. The van der Waals surface area contributed by atoms with E-state index in [0.717, 1.165) is 9.80 Å². The molecule has 4 N–H and O–H groups in total. The third kappa shape index (κ3) is 4.61. The zero-order valence-electron chi connectivity index (χ0n) is 17.5. The molecule has 0 spiro atoms. The van der Waals surface area contributed by atoms with E-state index in [0.29, 0.717) is 11.4 Å². The van der Waals surface area contributed by atoms with Crippen molar-refractivity contribution < 1.29 is 29.0 Å². The molecule has 3 rings (SSSR count). The van der Waals surface area contributed by atoms with Crippen LogP contribution in [0.5, 0.6) is 0 Å². The number of nitrogens with one attached hydrogen (secondary N) is 4. The number of anilines is 2. The van der Waals surface area contributed by atoms with Gasteiger partial charge in [-0.15, -0.1) is 0 Å². The van der Waals surface area contributed by atoms with Crippen LogP contribution in [0.4, 0.5) is 11.4 Å². The quantitative estimate of drug-likeness (QED) is 0.403. The van der Waals surface area contributed by atoms with E-state index in [1.165, 1.54) is 12.1 Å². The van der Waals surface area contributed by atoms with Gasteiger partial charge in [-0.1, -0.05) is 0 Å². The Morgan fingerprint density at radius 2 is 1.03 bits per heavy atom. The zero-order chi connectivity index (χ0) is 22.0. The van der Waals surface area contributed by atoms with Crippen molar-refractivity contribution in [1.82, 2.24) is 0 Å². The van der Waals surface area contributed by atoms with Gasteiger partial charge in [-0.25, -0.2) is 0 Å². The molecule has 0 radical (unpaired) electrons. The summed E-state index contributed by atoms with van der Waals surface area (Å²) in [5.74, 6) is -0.927. The van der Waals surface area contributed by atoms with Crippen molar-refractivity contribution in [1.29, 1.82) is 0 Å². The van der Waals surface area contributed by atoms with E-state index in [-0.39, 0.29) is 58.7 Å². The number of carbonyl (C=O) groups is 4. The van der Waals surface area contributed by atoms with E-state index in [4.69, 9.17) is 0 Å². The van der Waals surface area contributed by atoms with Crippen LogP contribution in [0.15, 0.2) is 36.4 Å². The second-order valence-electron chi connectivity index (χ2n) is 8.04. The first-order chi connectivity index (χ1) is 14.2. The van der Waals surface area contributed by atoms with Gasteiger partial charge in [0, 0.05) is 33.6 Å². The molecule has 0 atom stereocenters. The summed E-state index contributed by atoms with van der Waals surface area (Å²) >= 11 is 0. The molecule has 0 fully saturated rings. The summed E-state index contributed by atoms with van der Waals surface area (Å²) in [5.41, 5.74) is 2.03. The van der Waals surface area contributed by atoms with Crippen molar-refractivity contribution >= 4 is 34.8 Å². The molecule has 8 nitrogen and oxygen atoms in total. The van der Waals surface area contributed by atoms with Crippen molar-refractivity contribution in [3.05, 3.63) is 58.7 Å². The second kappa shape index (κ2) is 8.56. The Morgan fingerprint density at radius 3 is 1.37 bits per heavy atom. The first-order valence-corrected chi connectivity index (χ1v) is 9.71. The van der Waals surface area contributed by atoms with Crippen LogP contribution in [0, 0.1) is 0 Å². The predicted octanol–water partition coefficient (Wildman–Crippen LogP) is -1.37. The lowest BCUT2D eigenvalue weighted by Gasteiger charge is -2.19. The van der Waals surface area contributed by atoms with E-state index in [1.54, 1.807) is 24.3 Å². The van der Waals surface area contributed by atoms with E-state index in [2.05, 4.69) is 10.6 Å². The molecular formula is C22H26N4O4+2. The molecule has 156 valence electrons. The highest BCUT2D eigenvalue weighted by Gasteiger charge is 2.30. The Morgan fingerprint density at radius 1 is 0.667 bits per heavy atom. The summed E-state index contributed by atoms with van der Waals surface area (Å²) in [5, 5.41) is 5.51. The molecule has 2 amide bonds. The fourth-order valence-electron chi connectivity index (χ4n) is 3.36. The van der Waals surface area contributed by atoms with Crippen molar-refractivity contribution in [2.24, 2.45) is 0 Å². The smallest absolute Gasteiger partial charge is 0.279 e. The third-order valence-electron chi connectivity index (χ3n) is 4.61. The van der Waals surface area contributed by atoms with E-state index < -0.39 is 0 Å². The lowest BCUT2D eigenvalue weighted by atomic mass is 9.83. The van der Waals surface area contributed by atoms with Gasteiger partial charge < -0.3 is 20.4 Å². The molecule has 0 aliphatic heterocycles. The van der Waals surface area contributed by atoms with E-state index >= 15 is 0 Å². The number of quaternary nitrogens is 2. The predicted molar refractivity (Wildman–Crippen MR) is 112 cm³/mol. The monoisotopic (exact) mass is 410 g/mol. The first kappa shape index (κ1) is 21.4. The summed E-state index contributed by atoms with van der Waals surface area (Å²) in [4.78, 5) is 51.9. The summed E-state index contributed by atoms with van der Waals surface area (Å²) in [6, 6.07) is 9.41.